The van der Waals surface area contributed by atoms with Crippen LogP contribution in [0.25, 0.3) is 0 Å². The summed E-state index contributed by atoms with van der Waals surface area (Å²) in [5.41, 5.74) is 2.59. The SMILES string of the molecule is CC[C@H](C(=O)N(CC)[C@H](C(=O)Nc1c(C)cccc1C)c1cccc([N+](=O)[O-])c1)N1C(=O)c2ccccc2C1=O. The van der Waals surface area contributed by atoms with Crippen LogP contribution in [0.15, 0.2) is 66.7 Å². The molecule has 0 fully saturated rings. The number of non-ortho nitro benzene ring substituents is 1. The molecule has 1 aliphatic heterocycles. The van der Waals surface area contributed by atoms with Crippen LogP contribution in [0.1, 0.15) is 63.7 Å². The lowest BCUT2D eigenvalue weighted by atomic mass is 10.0. The van der Waals surface area contributed by atoms with Crippen molar-refractivity contribution in [1.29, 1.82) is 0 Å². The number of nitrogens with zero attached hydrogens (tertiary/aromatic N) is 3. The molecule has 0 aliphatic carbocycles. The number of carbonyl (C=O) groups excluding carboxylic acids is 4. The van der Waals surface area contributed by atoms with Gasteiger partial charge in [0, 0.05) is 24.4 Å². The van der Waals surface area contributed by atoms with E-state index in [0.717, 1.165) is 16.0 Å². The zero-order chi connectivity index (χ0) is 29.1. The van der Waals surface area contributed by atoms with Gasteiger partial charge in [-0.25, -0.2) is 0 Å². The lowest BCUT2D eigenvalue weighted by Crippen LogP contribution is -2.53. The fourth-order valence-electron chi connectivity index (χ4n) is 5.10. The smallest absolute Gasteiger partial charge is 0.269 e. The van der Waals surface area contributed by atoms with E-state index < -0.39 is 40.6 Å². The molecule has 0 saturated heterocycles. The first-order chi connectivity index (χ1) is 19.1. The average molecular weight is 543 g/mol. The van der Waals surface area contributed by atoms with Crippen LogP contribution < -0.4 is 5.32 Å². The molecule has 3 aromatic carbocycles. The van der Waals surface area contributed by atoms with E-state index in [1.54, 1.807) is 32.0 Å². The quantitative estimate of drug-likeness (QED) is 0.235. The van der Waals surface area contributed by atoms with Crippen molar-refractivity contribution in [3.63, 3.8) is 0 Å². The molecule has 0 spiro atoms. The van der Waals surface area contributed by atoms with Crippen molar-refractivity contribution in [3.8, 4) is 0 Å². The maximum atomic E-state index is 14.1. The molecule has 2 atom stereocenters. The van der Waals surface area contributed by atoms with Crippen LogP contribution in [0.3, 0.4) is 0 Å². The van der Waals surface area contributed by atoms with E-state index in [4.69, 9.17) is 0 Å². The molecule has 40 heavy (non-hydrogen) atoms. The minimum Gasteiger partial charge on any atom is -0.325 e. The topological polar surface area (TPSA) is 130 Å². The molecule has 4 rings (SSSR count). The predicted octanol–water partition coefficient (Wildman–Crippen LogP) is 4.81. The Bertz CT molecular complexity index is 1460. The number of nitro benzene ring substituents is 1. The number of carbonyl (C=O) groups is 4. The number of amides is 4. The maximum Gasteiger partial charge on any atom is 0.269 e. The van der Waals surface area contributed by atoms with Gasteiger partial charge in [-0.15, -0.1) is 0 Å². The first-order valence-corrected chi connectivity index (χ1v) is 13.0. The Morgan fingerprint density at radius 3 is 2.02 bits per heavy atom. The van der Waals surface area contributed by atoms with Gasteiger partial charge < -0.3 is 10.2 Å². The molecule has 0 radical (unpaired) electrons. The fourth-order valence-corrected chi connectivity index (χ4v) is 5.10. The molecule has 0 saturated carbocycles. The highest BCUT2D eigenvalue weighted by Crippen LogP contribution is 2.31. The zero-order valence-electron chi connectivity index (χ0n) is 22.7. The maximum absolute atomic E-state index is 14.1. The van der Waals surface area contributed by atoms with Crippen LogP contribution >= 0.6 is 0 Å². The molecular formula is C30H30N4O6. The van der Waals surface area contributed by atoms with E-state index >= 15 is 0 Å². The molecule has 206 valence electrons. The molecule has 3 aromatic rings. The summed E-state index contributed by atoms with van der Waals surface area (Å²) in [6.45, 7) is 7.06. The number of nitrogens with one attached hydrogen (secondary N) is 1. The van der Waals surface area contributed by atoms with Crippen LogP contribution in [0, 0.1) is 24.0 Å². The molecule has 0 unspecified atom stereocenters. The molecule has 1 N–H and O–H groups in total. The van der Waals surface area contributed by atoms with Gasteiger partial charge in [0.1, 0.15) is 12.1 Å². The van der Waals surface area contributed by atoms with Gasteiger partial charge in [0.05, 0.1) is 16.1 Å². The molecular weight excluding hydrogens is 512 g/mol. The Balaban J connectivity index is 1.77. The summed E-state index contributed by atoms with van der Waals surface area (Å²) in [6.07, 6.45) is 0.112. The second kappa shape index (κ2) is 11.5. The Labute approximate surface area is 231 Å². The average Bonchev–Trinajstić information content (AvgIpc) is 3.19. The number of benzene rings is 3. The van der Waals surface area contributed by atoms with Crippen molar-refractivity contribution >= 4 is 35.0 Å². The summed E-state index contributed by atoms with van der Waals surface area (Å²) in [6, 6.07) is 15.0. The van der Waals surface area contributed by atoms with Crippen LogP contribution in [0.4, 0.5) is 11.4 Å². The molecule has 1 heterocycles. The predicted molar refractivity (Wildman–Crippen MR) is 149 cm³/mol. The molecule has 4 amide bonds. The van der Waals surface area contributed by atoms with Crippen molar-refractivity contribution in [3.05, 3.63) is 105 Å². The third-order valence-corrected chi connectivity index (χ3v) is 7.12. The molecule has 0 bridgehead atoms. The van der Waals surface area contributed by atoms with Gasteiger partial charge >= 0.3 is 0 Å². The lowest BCUT2D eigenvalue weighted by molar-refractivity contribution is -0.384. The fraction of sp³-hybridized carbons (Fsp3) is 0.267. The van der Waals surface area contributed by atoms with Crippen LogP contribution in [-0.2, 0) is 9.59 Å². The number of likely N-dealkylation sites (N-methyl/N-ethyl adjacent to an activating group) is 1. The monoisotopic (exact) mass is 542 g/mol. The first-order valence-electron chi connectivity index (χ1n) is 13.0. The third kappa shape index (κ3) is 5.07. The number of imide groups is 1. The van der Waals surface area contributed by atoms with Crippen molar-refractivity contribution in [2.75, 3.05) is 11.9 Å². The van der Waals surface area contributed by atoms with Crippen LogP contribution in [0.5, 0.6) is 0 Å². The first kappa shape index (κ1) is 28.2. The van der Waals surface area contributed by atoms with E-state index in [-0.39, 0.29) is 35.3 Å². The van der Waals surface area contributed by atoms with E-state index in [2.05, 4.69) is 5.32 Å². The number of nitro groups is 1. The summed E-state index contributed by atoms with van der Waals surface area (Å²) in [4.78, 5) is 67.7. The summed E-state index contributed by atoms with van der Waals surface area (Å²) < 4.78 is 0. The minimum atomic E-state index is -1.28. The zero-order valence-corrected chi connectivity index (χ0v) is 22.7. The van der Waals surface area contributed by atoms with E-state index in [9.17, 15) is 29.3 Å². The minimum absolute atomic E-state index is 0.0338. The van der Waals surface area contributed by atoms with Gasteiger partial charge in [0.15, 0.2) is 0 Å². The van der Waals surface area contributed by atoms with E-state index in [0.29, 0.717) is 5.69 Å². The third-order valence-electron chi connectivity index (χ3n) is 7.12. The second-order valence-electron chi connectivity index (χ2n) is 9.58. The highest BCUT2D eigenvalue weighted by Gasteiger charge is 2.45. The van der Waals surface area contributed by atoms with Gasteiger partial charge in [0.2, 0.25) is 5.91 Å². The van der Waals surface area contributed by atoms with E-state index in [1.807, 2.05) is 32.0 Å². The van der Waals surface area contributed by atoms with Crippen LogP contribution in [-0.4, -0.2) is 50.9 Å². The summed E-state index contributed by atoms with van der Waals surface area (Å²) in [5.74, 6) is -2.36. The number of aryl methyl sites for hydroxylation is 2. The Morgan fingerprint density at radius 1 is 0.925 bits per heavy atom. The molecule has 10 nitrogen and oxygen atoms in total. The standard InChI is InChI=1S/C30H30N4O6/c1-5-24(33-28(36)22-15-7-8-16-23(22)29(33)37)30(38)32(6-2)26(20-13-10-14-21(17-20)34(39)40)27(35)31-25-18(3)11-9-12-19(25)4/h7-17,24,26H,5-6H2,1-4H3,(H,31,35)/t24-,26+/m1/s1. The summed E-state index contributed by atoms with van der Waals surface area (Å²) in [7, 11) is 0. The van der Waals surface area contributed by atoms with Crippen molar-refractivity contribution in [2.24, 2.45) is 0 Å². The second-order valence-corrected chi connectivity index (χ2v) is 9.58. The number of para-hydroxylation sites is 1. The highest BCUT2D eigenvalue weighted by atomic mass is 16.6. The number of hydrogen-bond donors (Lipinski definition) is 1. The summed E-state index contributed by atoms with van der Waals surface area (Å²) >= 11 is 0. The number of rotatable bonds is 9. The lowest BCUT2D eigenvalue weighted by Gasteiger charge is -2.35. The molecule has 1 aliphatic rings. The Kier molecular flexibility index (Phi) is 8.08. The summed E-state index contributed by atoms with van der Waals surface area (Å²) in [5, 5.41) is 14.5. The number of hydrogen-bond acceptors (Lipinski definition) is 6. The van der Waals surface area contributed by atoms with Crippen molar-refractivity contribution < 1.29 is 24.1 Å². The van der Waals surface area contributed by atoms with E-state index in [1.165, 1.54) is 35.2 Å². The number of fused-ring (bicyclic) bond motifs is 1. The number of anilines is 1. The molecule has 0 aromatic heterocycles. The Hall–Kier alpha value is -4.86. The molecule has 10 heteroatoms. The largest absolute Gasteiger partial charge is 0.325 e. The van der Waals surface area contributed by atoms with Gasteiger partial charge in [-0.3, -0.25) is 34.2 Å². The normalized spacial score (nSPS) is 13.9. The Morgan fingerprint density at radius 2 is 1.50 bits per heavy atom. The highest BCUT2D eigenvalue weighted by molar-refractivity contribution is 6.23. The van der Waals surface area contributed by atoms with Gasteiger partial charge in [-0.1, -0.05) is 49.4 Å². The van der Waals surface area contributed by atoms with Crippen molar-refractivity contribution in [1.82, 2.24) is 9.80 Å². The van der Waals surface area contributed by atoms with Crippen molar-refractivity contribution in [2.45, 2.75) is 46.2 Å². The van der Waals surface area contributed by atoms with Gasteiger partial charge in [0.25, 0.3) is 23.4 Å². The van der Waals surface area contributed by atoms with Crippen LogP contribution in [0.2, 0.25) is 0 Å². The van der Waals surface area contributed by atoms with Gasteiger partial charge in [-0.2, -0.15) is 0 Å². The van der Waals surface area contributed by atoms with Gasteiger partial charge in [-0.05, 0) is 56.0 Å².